The fraction of sp³-hybridized carbons (Fsp3) is 0.519. The first kappa shape index (κ1) is 31.1. The minimum Gasteiger partial charge on any atom is -0.465 e. The summed E-state index contributed by atoms with van der Waals surface area (Å²) in [5.41, 5.74) is 6.91. The molecule has 0 spiro atoms. The molecular formula is C27H37ClN7O5PS. The van der Waals surface area contributed by atoms with Crippen molar-refractivity contribution in [2.45, 2.75) is 64.4 Å². The van der Waals surface area contributed by atoms with E-state index in [0.717, 1.165) is 36.1 Å². The summed E-state index contributed by atoms with van der Waals surface area (Å²) in [4.78, 5) is 24.8. The maximum absolute atomic E-state index is 12.3. The minimum atomic E-state index is -1.70. The molecule has 2 aromatic heterocycles. The molecule has 0 radical (unpaired) electrons. The number of nitrogens with two attached hydrogens (primary N) is 1. The molecule has 4 N–H and O–H groups in total. The normalized spacial score (nSPS) is 21.8. The average Bonchev–Trinajstić information content (AvgIpc) is 3.62. The fourth-order valence-corrected chi connectivity index (χ4v) is 6.59. The Kier molecular flexibility index (Phi) is 10.3. The van der Waals surface area contributed by atoms with E-state index < -0.39 is 14.6 Å². The zero-order valence-electron chi connectivity index (χ0n) is 24.0. The Bertz CT molecular complexity index is 1360. The summed E-state index contributed by atoms with van der Waals surface area (Å²) in [5, 5.41) is 6.70. The number of hydrogen-bond acceptors (Lipinski definition) is 12. The predicted molar refractivity (Wildman–Crippen MR) is 166 cm³/mol. The number of benzene rings is 1. The first-order valence-electron chi connectivity index (χ1n) is 13.9. The van der Waals surface area contributed by atoms with Crippen LogP contribution in [0.2, 0.25) is 5.02 Å². The summed E-state index contributed by atoms with van der Waals surface area (Å²) < 4.78 is 25.9. The zero-order valence-corrected chi connectivity index (χ0v) is 26.5. The van der Waals surface area contributed by atoms with Gasteiger partial charge < -0.3 is 28.8 Å². The quantitative estimate of drug-likeness (QED) is 0.0926. The second kappa shape index (κ2) is 13.9. The van der Waals surface area contributed by atoms with Crippen LogP contribution in [0.25, 0.3) is 11.0 Å². The molecule has 12 nitrogen and oxygen atoms in total. The van der Waals surface area contributed by atoms with E-state index in [1.165, 1.54) is 11.9 Å². The van der Waals surface area contributed by atoms with Gasteiger partial charge in [-0.05, 0) is 69.7 Å². The van der Waals surface area contributed by atoms with Gasteiger partial charge in [0.05, 0.1) is 24.7 Å². The van der Waals surface area contributed by atoms with Crippen LogP contribution in [0.1, 0.15) is 46.3 Å². The fourth-order valence-electron chi connectivity index (χ4n) is 4.82. The summed E-state index contributed by atoms with van der Waals surface area (Å²) >= 11 is 7.55. The van der Waals surface area contributed by atoms with E-state index in [1.807, 2.05) is 23.1 Å². The average molecular weight is 638 g/mol. The molecule has 0 amide bonds. The number of halogens is 1. The third-order valence-corrected chi connectivity index (χ3v) is 8.93. The SMILES string of the molecule is CCOC(=O)C(C)NP(OCC1CC(C)[C@H](n2ccc3c(N(NSC)C4CC4)nc(N)nc32)O1)Oc1ccc(Cl)cc1. The topological polar surface area (TPSA) is 138 Å². The molecule has 5 atom stereocenters. The lowest BCUT2D eigenvalue weighted by Crippen LogP contribution is -2.36. The molecule has 0 bridgehead atoms. The Balaban J connectivity index is 1.29. The first-order valence-corrected chi connectivity index (χ1v) is 16.7. The molecule has 4 unspecified atom stereocenters. The largest absolute Gasteiger partial charge is 0.465 e. The number of nitrogen functional groups attached to an aromatic ring is 1. The highest BCUT2D eigenvalue weighted by Crippen LogP contribution is 2.42. The lowest BCUT2D eigenvalue weighted by molar-refractivity contribution is -0.144. The van der Waals surface area contributed by atoms with Crippen molar-refractivity contribution in [2.75, 3.05) is 30.2 Å². The van der Waals surface area contributed by atoms with Gasteiger partial charge >= 0.3 is 14.5 Å². The summed E-state index contributed by atoms with van der Waals surface area (Å²) in [7, 11) is -1.70. The first-order chi connectivity index (χ1) is 20.3. The van der Waals surface area contributed by atoms with Gasteiger partial charge in [0.25, 0.3) is 0 Å². The zero-order chi connectivity index (χ0) is 29.8. The van der Waals surface area contributed by atoms with Crippen LogP contribution in [-0.2, 0) is 18.8 Å². The van der Waals surface area contributed by atoms with E-state index in [4.69, 9.17) is 35.9 Å². The van der Waals surface area contributed by atoms with Crippen molar-refractivity contribution < 1.29 is 23.3 Å². The van der Waals surface area contributed by atoms with Crippen LogP contribution in [0.4, 0.5) is 11.8 Å². The van der Waals surface area contributed by atoms with Gasteiger partial charge in [0.15, 0.2) is 5.82 Å². The van der Waals surface area contributed by atoms with Gasteiger partial charge in [-0.25, -0.2) is 5.09 Å². The van der Waals surface area contributed by atoms with E-state index in [9.17, 15) is 4.79 Å². The summed E-state index contributed by atoms with van der Waals surface area (Å²) in [6.07, 6.45) is 6.45. The van der Waals surface area contributed by atoms with Crippen molar-refractivity contribution in [3.63, 3.8) is 0 Å². The number of anilines is 2. The van der Waals surface area contributed by atoms with Gasteiger partial charge in [-0.15, -0.1) is 0 Å². The van der Waals surface area contributed by atoms with E-state index >= 15 is 0 Å². The summed E-state index contributed by atoms with van der Waals surface area (Å²) in [5.74, 6) is 1.34. The van der Waals surface area contributed by atoms with Crippen LogP contribution in [0.15, 0.2) is 36.5 Å². The number of hydrogen-bond donors (Lipinski definition) is 3. The Morgan fingerprint density at radius 2 is 2.07 bits per heavy atom. The summed E-state index contributed by atoms with van der Waals surface area (Å²) in [6, 6.07) is 8.74. The number of nitrogens with zero attached hydrogens (tertiary/aromatic N) is 4. The van der Waals surface area contributed by atoms with Crippen LogP contribution < -0.4 is 25.2 Å². The molecule has 1 saturated carbocycles. The van der Waals surface area contributed by atoms with Crippen molar-refractivity contribution in [1.82, 2.24) is 24.5 Å². The molecule has 1 aliphatic heterocycles. The molecule has 42 heavy (non-hydrogen) atoms. The van der Waals surface area contributed by atoms with E-state index in [-0.39, 0.29) is 43.4 Å². The van der Waals surface area contributed by atoms with Crippen LogP contribution in [0, 0.1) is 5.92 Å². The van der Waals surface area contributed by atoms with Gasteiger partial charge in [-0.1, -0.05) is 30.5 Å². The highest BCUT2D eigenvalue weighted by Gasteiger charge is 2.37. The molecule has 1 saturated heterocycles. The third-order valence-electron chi connectivity index (χ3n) is 6.95. The molecule has 228 valence electrons. The summed E-state index contributed by atoms with van der Waals surface area (Å²) in [6.45, 7) is 6.17. The number of rotatable bonds is 14. The number of fused-ring (bicyclic) bond motifs is 1. The number of carbonyl (C=O) groups excluding carboxylic acids is 1. The van der Waals surface area contributed by atoms with Crippen LogP contribution in [0.5, 0.6) is 5.75 Å². The van der Waals surface area contributed by atoms with Crippen molar-refractivity contribution in [1.29, 1.82) is 0 Å². The van der Waals surface area contributed by atoms with E-state index in [1.54, 1.807) is 38.1 Å². The minimum absolute atomic E-state index is 0.174. The molecule has 3 aromatic rings. The monoisotopic (exact) mass is 637 g/mol. The van der Waals surface area contributed by atoms with Gasteiger partial charge in [0, 0.05) is 23.2 Å². The van der Waals surface area contributed by atoms with Crippen LogP contribution >= 0.6 is 32.1 Å². The van der Waals surface area contributed by atoms with E-state index in [0.29, 0.717) is 16.8 Å². The standard InChI is InChI=1S/C27H37ClN7O5PS/c1-5-37-26(36)17(3)32-41(40-20-10-6-18(28)7-11-20)38-15-21-14-16(2)25(39-21)34-13-12-22-23(34)30-27(29)31-24(22)35(33-42-4)19-8-9-19/h6-7,10-13,16-17,19,21,25,32-33H,5,8-9,14-15H2,1-4H3,(H2,29,30,31)/t16?,17?,21?,25-,41?/m1/s1. The second-order valence-electron chi connectivity index (χ2n) is 10.3. The molecule has 5 rings (SSSR count). The highest BCUT2D eigenvalue weighted by molar-refractivity contribution is 7.96. The maximum Gasteiger partial charge on any atom is 0.323 e. The highest BCUT2D eigenvalue weighted by atomic mass is 35.5. The second-order valence-corrected chi connectivity index (χ2v) is 12.6. The Morgan fingerprint density at radius 3 is 2.76 bits per heavy atom. The molecule has 1 aliphatic carbocycles. The molecule has 2 fully saturated rings. The van der Waals surface area contributed by atoms with Crippen molar-refractivity contribution in [2.24, 2.45) is 5.92 Å². The predicted octanol–water partition coefficient (Wildman–Crippen LogP) is 5.21. The molecule has 1 aromatic carbocycles. The van der Waals surface area contributed by atoms with Gasteiger partial charge in [-0.2, -0.15) is 14.8 Å². The van der Waals surface area contributed by atoms with Gasteiger partial charge in [0.2, 0.25) is 5.95 Å². The van der Waals surface area contributed by atoms with E-state index in [2.05, 4.69) is 31.8 Å². The lowest BCUT2D eigenvalue weighted by atomic mass is 10.1. The molecule has 3 heterocycles. The molecular weight excluding hydrogens is 601 g/mol. The Labute approximate surface area is 256 Å². The molecule has 15 heteroatoms. The number of hydrazine groups is 1. The smallest absolute Gasteiger partial charge is 0.323 e. The van der Waals surface area contributed by atoms with Crippen molar-refractivity contribution >= 4 is 60.8 Å². The lowest BCUT2D eigenvalue weighted by Gasteiger charge is -2.24. The Morgan fingerprint density at radius 1 is 1.31 bits per heavy atom. The number of carbonyl (C=O) groups is 1. The molecule has 2 aliphatic rings. The Hall–Kier alpha value is -2.38. The van der Waals surface area contributed by atoms with Gasteiger partial charge in [0.1, 0.15) is 23.7 Å². The van der Waals surface area contributed by atoms with Crippen LogP contribution in [0.3, 0.4) is 0 Å². The van der Waals surface area contributed by atoms with Crippen molar-refractivity contribution in [3.8, 4) is 5.75 Å². The number of nitrogens with one attached hydrogen (secondary N) is 2. The number of ether oxygens (including phenoxy) is 2. The van der Waals surface area contributed by atoms with Gasteiger partial charge in [-0.3, -0.25) is 9.80 Å². The number of aromatic nitrogens is 3. The van der Waals surface area contributed by atoms with Crippen molar-refractivity contribution in [3.05, 3.63) is 41.6 Å². The maximum atomic E-state index is 12.3. The van der Waals surface area contributed by atoms with Crippen LogP contribution in [-0.4, -0.2) is 58.2 Å². The third kappa shape index (κ3) is 7.39. The number of esters is 1.